The Morgan fingerprint density at radius 2 is 2.15 bits per heavy atom. The van der Waals surface area contributed by atoms with E-state index in [-0.39, 0.29) is 11.8 Å². The lowest BCUT2D eigenvalue weighted by Gasteiger charge is -2.23. The highest BCUT2D eigenvalue weighted by Crippen LogP contribution is 2.21. The highest BCUT2D eigenvalue weighted by Gasteiger charge is 2.24. The Labute approximate surface area is 154 Å². The number of amides is 2. The Balaban J connectivity index is 1.46. The lowest BCUT2D eigenvalue weighted by atomic mass is 10.1. The average molecular weight is 367 g/mol. The fourth-order valence-electron chi connectivity index (χ4n) is 2.79. The lowest BCUT2D eigenvalue weighted by molar-refractivity contribution is -0.126. The molecule has 0 saturated carbocycles. The molecule has 2 aromatic heterocycles. The number of nitrogens with zero attached hydrogens (tertiary/aromatic N) is 2. The molecule has 4 rings (SSSR count). The van der Waals surface area contributed by atoms with Gasteiger partial charge in [-0.25, -0.2) is 5.43 Å². The third-order valence-corrected chi connectivity index (χ3v) is 4.19. The summed E-state index contributed by atoms with van der Waals surface area (Å²) >= 11 is 0. The zero-order valence-corrected chi connectivity index (χ0v) is 14.3. The van der Waals surface area contributed by atoms with E-state index in [0.717, 1.165) is 5.56 Å². The van der Waals surface area contributed by atoms with Gasteiger partial charge in [0.15, 0.2) is 5.76 Å². The van der Waals surface area contributed by atoms with Crippen molar-refractivity contribution in [3.63, 3.8) is 0 Å². The van der Waals surface area contributed by atoms with E-state index >= 15 is 0 Å². The van der Waals surface area contributed by atoms with Crippen LogP contribution in [0.3, 0.4) is 0 Å². The van der Waals surface area contributed by atoms with Crippen LogP contribution in [0.15, 0.2) is 51.6 Å². The molecule has 1 aliphatic rings. The number of carbonyl (C=O) groups is 2. The zero-order chi connectivity index (χ0) is 18.6. The van der Waals surface area contributed by atoms with Crippen LogP contribution < -0.4 is 16.2 Å². The maximum atomic E-state index is 12.4. The molecule has 27 heavy (non-hydrogen) atoms. The predicted octanol–water partition coefficient (Wildman–Crippen LogP) is 1.64. The molecule has 1 aromatic carbocycles. The number of hydrazine groups is 1. The van der Waals surface area contributed by atoms with E-state index in [0.29, 0.717) is 42.4 Å². The Kier molecular flexibility index (Phi) is 4.67. The molecule has 1 aliphatic heterocycles. The summed E-state index contributed by atoms with van der Waals surface area (Å²) in [5.74, 6) is 0.967. The number of aromatic nitrogens is 2. The minimum atomic E-state index is -0.482. The van der Waals surface area contributed by atoms with Crippen LogP contribution in [0.1, 0.15) is 24.3 Å². The number of nitrogens with one attached hydrogen (secondary N) is 3. The van der Waals surface area contributed by atoms with Crippen LogP contribution in [0.5, 0.6) is 0 Å². The fraction of sp³-hybridized carbons (Fsp3) is 0.222. The van der Waals surface area contributed by atoms with Crippen molar-refractivity contribution in [2.45, 2.75) is 25.3 Å². The van der Waals surface area contributed by atoms with Gasteiger partial charge in [0.05, 0.1) is 12.7 Å². The third kappa shape index (κ3) is 3.87. The van der Waals surface area contributed by atoms with Crippen LogP contribution in [0.2, 0.25) is 0 Å². The van der Waals surface area contributed by atoms with Crippen LogP contribution in [0, 0.1) is 0 Å². The molecule has 2 amide bonds. The molecule has 9 heteroatoms. The Hall–Kier alpha value is -3.46. The maximum Gasteiger partial charge on any atom is 0.243 e. The fourth-order valence-corrected chi connectivity index (χ4v) is 2.79. The second-order valence-corrected chi connectivity index (χ2v) is 6.10. The van der Waals surface area contributed by atoms with Crippen molar-refractivity contribution in [1.82, 2.24) is 21.0 Å². The topological polar surface area (TPSA) is 122 Å². The van der Waals surface area contributed by atoms with Gasteiger partial charge in [0.2, 0.25) is 23.5 Å². The van der Waals surface area contributed by atoms with Gasteiger partial charge >= 0.3 is 0 Å². The van der Waals surface area contributed by atoms with Gasteiger partial charge in [0.1, 0.15) is 6.04 Å². The van der Waals surface area contributed by atoms with Crippen LogP contribution in [0.4, 0.5) is 5.69 Å². The summed E-state index contributed by atoms with van der Waals surface area (Å²) in [6, 6.07) is 10.4. The minimum Gasteiger partial charge on any atom is -0.461 e. The molecule has 1 fully saturated rings. The maximum absolute atomic E-state index is 12.4. The molecule has 1 unspecified atom stereocenters. The first-order chi connectivity index (χ1) is 13.2. The van der Waals surface area contributed by atoms with Crippen LogP contribution >= 0.6 is 0 Å². The van der Waals surface area contributed by atoms with E-state index in [2.05, 4.69) is 26.3 Å². The first kappa shape index (κ1) is 17.0. The summed E-state index contributed by atoms with van der Waals surface area (Å²) in [6.07, 6.45) is 2.65. The Bertz CT molecular complexity index is 940. The molecule has 0 spiro atoms. The van der Waals surface area contributed by atoms with E-state index in [4.69, 9.17) is 8.94 Å². The molecule has 1 atom stereocenters. The number of para-hydroxylation sites is 1. The standard InChI is InChI=1S/C18H17N5O4/c24-15-8-7-13(21-22-15)18(25)19-12-5-2-1-4-11(12)10-16-20-17(23-27-16)14-6-3-9-26-14/h1-6,9,13,21H,7-8,10H2,(H,19,25)(H,22,24). The molecule has 9 nitrogen and oxygen atoms in total. The van der Waals surface area contributed by atoms with Gasteiger partial charge in [-0.05, 0) is 30.2 Å². The van der Waals surface area contributed by atoms with Crippen molar-refractivity contribution in [2.24, 2.45) is 0 Å². The van der Waals surface area contributed by atoms with Crippen molar-refractivity contribution in [1.29, 1.82) is 0 Å². The number of hydrogen-bond donors (Lipinski definition) is 3. The molecule has 0 bridgehead atoms. The quantitative estimate of drug-likeness (QED) is 0.626. The number of furan rings is 1. The molecular weight excluding hydrogens is 350 g/mol. The van der Waals surface area contributed by atoms with Crippen molar-refractivity contribution in [3.8, 4) is 11.6 Å². The number of hydrogen-bond acceptors (Lipinski definition) is 7. The van der Waals surface area contributed by atoms with Crippen LogP contribution in [-0.4, -0.2) is 28.0 Å². The number of benzene rings is 1. The molecule has 138 valence electrons. The molecule has 0 radical (unpaired) electrons. The summed E-state index contributed by atoms with van der Waals surface area (Å²) in [4.78, 5) is 28.0. The van der Waals surface area contributed by atoms with Crippen molar-refractivity contribution < 1.29 is 18.5 Å². The Morgan fingerprint density at radius 3 is 2.93 bits per heavy atom. The SMILES string of the molecule is O=C1CCC(C(=O)Nc2ccccc2Cc2nc(-c3ccco3)no2)NN1. The third-order valence-electron chi connectivity index (χ3n) is 4.19. The molecule has 3 aromatic rings. The molecule has 1 saturated heterocycles. The summed E-state index contributed by atoms with van der Waals surface area (Å²) in [6.45, 7) is 0. The number of carbonyl (C=O) groups excluding carboxylic acids is 2. The Morgan fingerprint density at radius 1 is 1.26 bits per heavy atom. The summed E-state index contributed by atoms with van der Waals surface area (Å²) in [5.41, 5.74) is 6.68. The lowest BCUT2D eigenvalue weighted by Crippen LogP contribution is -2.54. The van der Waals surface area contributed by atoms with Crippen molar-refractivity contribution in [2.75, 3.05) is 5.32 Å². The van der Waals surface area contributed by atoms with Crippen LogP contribution in [-0.2, 0) is 16.0 Å². The summed E-state index contributed by atoms with van der Waals surface area (Å²) < 4.78 is 10.5. The monoisotopic (exact) mass is 367 g/mol. The number of rotatable bonds is 5. The molecular formula is C18H17N5O4. The van der Waals surface area contributed by atoms with E-state index < -0.39 is 6.04 Å². The molecule has 0 aliphatic carbocycles. The molecule has 3 N–H and O–H groups in total. The van der Waals surface area contributed by atoms with Crippen LogP contribution in [0.25, 0.3) is 11.6 Å². The van der Waals surface area contributed by atoms with Gasteiger partial charge in [0.25, 0.3) is 0 Å². The van der Waals surface area contributed by atoms with E-state index in [1.807, 2.05) is 18.2 Å². The normalized spacial score (nSPS) is 16.7. The van der Waals surface area contributed by atoms with E-state index in [9.17, 15) is 9.59 Å². The summed E-state index contributed by atoms with van der Waals surface area (Å²) in [5, 5.41) is 6.80. The van der Waals surface area contributed by atoms with Gasteiger partial charge in [-0.2, -0.15) is 4.98 Å². The molecule has 3 heterocycles. The highest BCUT2D eigenvalue weighted by molar-refractivity contribution is 5.96. The van der Waals surface area contributed by atoms with Crippen molar-refractivity contribution in [3.05, 3.63) is 54.1 Å². The van der Waals surface area contributed by atoms with E-state index in [1.54, 1.807) is 18.2 Å². The minimum absolute atomic E-state index is 0.122. The smallest absolute Gasteiger partial charge is 0.243 e. The van der Waals surface area contributed by atoms with E-state index in [1.165, 1.54) is 6.26 Å². The highest BCUT2D eigenvalue weighted by atomic mass is 16.5. The van der Waals surface area contributed by atoms with Gasteiger partial charge in [-0.15, -0.1) is 0 Å². The predicted molar refractivity (Wildman–Crippen MR) is 94.2 cm³/mol. The van der Waals surface area contributed by atoms with Gasteiger partial charge in [-0.3, -0.25) is 15.0 Å². The van der Waals surface area contributed by atoms with Crippen molar-refractivity contribution >= 4 is 17.5 Å². The first-order valence-corrected chi connectivity index (χ1v) is 8.48. The largest absolute Gasteiger partial charge is 0.461 e. The zero-order valence-electron chi connectivity index (χ0n) is 14.3. The summed E-state index contributed by atoms with van der Waals surface area (Å²) in [7, 11) is 0. The average Bonchev–Trinajstić information content (AvgIpc) is 3.35. The van der Waals surface area contributed by atoms with Gasteiger partial charge in [0, 0.05) is 12.1 Å². The van der Waals surface area contributed by atoms with Gasteiger partial charge < -0.3 is 14.3 Å². The second kappa shape index (κ2) is 7.42. The van der Waals surface area contributed by atoms with Gasteiger partial charge in [-0.1, -0.05) is 23.4 Å². The first-order valence-electron chi connectivity index (χ1n) is 8.48. The number of anilines is 1. The second-order valence-electron chi connectivity index (χ2n) is 6.10.